The van der Waals surface area contributed by atoms with E-state index in [-0.39, 0.29) is 24.0 Å². The van der Waals surface area contributed by atoms with Crippen molar-refractivity contribution in [1.82, 2.24) is 25.4 Å². The van der Waals surface area contributed by atoms with Crippen LogP contribution in [-0.2, 0) is 13.6 Å². The van der Waals surface area contributed by atoms with Crippen LogP contribution >= 0.6 is 35.3 Å². The molecule has 1 fully saturated rings. The van der Waals surface area contributed by atoms with Crippen molar-refractivity contribution < 1.29 is 0 Å². The highest BCUT2D eigenvalue weighted by Gasteiger charge is 2.20. The highest BCUT2D eigenvalue weighted by Crippen LogP contribution is 2.24. The summed E-state index contributed by atoms with van der Waals surface area (Å²) in [7, 11) is 1.89. The Morgan fingerprint density at radius 2 is 2.20 bits per heavy atom. The predicted molar refractivity (Wildman–Crippen MR) is 114 cm³/mol. The van der Waals surface area contributed by atoms with Crippen molar-refractivity contribution in [2.24, 2.45) is 12.0 Å². The Morgan fingerprint density at radius 1 is 1.40 bits per heavy atom. The van der Waals surface area contributed by atoms with Gasteiger partial charge in [-0.3, -0.25) is 4.68 Å². The van der Waals surface area contributed by atoms with E-state index in [4.69, 9.17) is 0 Å². The van der Waals surface area contributed by atoms with Gasteiger partial charge >= 0.3 is 0 Å². The second kappa shape index (κ2) is 9.95. The number of hydrogen-bond acceptors (Lipinski definition) is 5. The molecule has 2 N–H and O–H groups in total. The summed E-state index contributed by atoms with van der Waals surface area (Å²) in [4.78, 5) is 11.3. The zero-order chi connectivity index (χ0) is 16.8. The number of piperidine rings is 1. The van der Waals surface area contributed by atoms with Gasteiger partial charge in [-0.05, 0) is 37.3 Å². The summed E-state index contributed by atoms with van der Waals surface area (Å²) in [6.45, 7) is 5.62. The smallest absolute Gasteiger partial charge is 0.191 e. The zero-order valence-electron chi connectivity index (χ0n) is 14.7. The molecule has 0 atom stereocenters. The Labute approximate surface area is 169 Å². The summed E-state index contributed by atoms with van der Waals surface area (Å²) >= 11 is 1.81. The molecular weight excluding hydrogens is 449 g/mol. The van der Waals surface area contributed by atoms with E-state index in [0.29, 0.717) is 12.6 Å². The summed E-state index contributed by atoms with van der Waals surface area (Å²) in [6.07, 6.45) is 3.80. The molecule has 0 aromatic carbocycles. The molecule has 0 aliphatic carbocycles. The van der Waals surface area contributed by atoms with Gasteiger partial charge in [0.2, 0.25) is 0 Å². The lowest BCUT2D eigenvalue weighted by molar-refractivity contribution is 0.462. The fraction of sp³-hybridized carbons (Fsp3) is 0.562. The maximum atomic E-state index is 4.64. The van der Waals surface area contributed by atoms with Gasteiger partial charge < -0.3 is 15.5 Å². The second-order valence-electron chi connectivity index (χ2n) is 5.85. The Bertz CT molecular complexity index is 647. The molecule has 7 nitrogen and oxygen atoms in total. The van der Waals surface area contributed by atoms with Gasteiger partial charge in [0, 0.05) is 32.7 Å². The summed E-state index contributed by atoms with van der Waals surface area (Å²) in [5, 5.41) is 14.5. The second-order valence-corrected chi connectivity index (χ2v) is 6.78. The predicted octanol–water partition coefficient (Wildman–Crippen LogP) is 2.22. The number of aryl methyl sites for hydroxylation is 1. The molecular formula is C16H26IN7S. The molecule has 0 amide bonds. The van der Waals surface area contributed by atoms with Gasteiger partial charge in [0.25, 0.3) is 0 Å². The van der Waals surface area contributed by atoms with E-state index in [1.165, 1.54) is 5.00 Å². The molecule has 3 heterocycles. The van der Waals surface area contributed by atoms with Crippen molar-refractivity contribution in [3.63, 3.8) is 0 Å². The minimum absolute atomic E-state index is 0. The normalized spacial score (nSPS) is 15.8. The topological polar surface area (TPSA) is 70.4 Å². The van der Waals surface area contributed by atoms with Gasteiger partial charge in [0.05, 0.1) is 5.00 Å². The monoisotopic (exact) mass is 475 g/mol. The largest absolute Gasteiger partial charge is 0.363 e. The Kier molecular flexibility index (Phi) is 7.94. The maximum Gasteiger partial charge on any atom is 0.191 e. The molecule has 0 bridgehead atoms. The molecule has 0 spiro atoms. The summed E-state index contributed by atoms with van der Waals surface area (Å²) in [5.74, 6) is 1.72. The van der Waals surface area contributed by atoms with Crippen LogP contribution in [0.15, 0.2) is 28.8 Å². The average molecular weight is 475 g/mol. The van der Waals surface area contributed by atoms with Gasteiger partial charge in [-0.1, -0.05) is 0 Å². The van der Waals surface area contributed by atoms with Crippen LogP contribution in [0.4, 0.5) is 5.00 Å². The third kappa shape index (κ3) is 5.56. The summed E-state index contributed by atoms with van der Waals surface area (Å²) in [6, 6.07) is 4.77. The van der Waals surface area contributed by atoms with Crippen LogP contribution in [0.1, 0.15) is 25.6 Å². The number of aliphatic imine (C=N–C) groups is 1. The molecule has 0 radical (unpaired) electrons. The fourth-order valence-electron chi connectivity index (χ4n) is 2.82. The standard InChI is InChI=1S/C16H25N7S.HI/c1-3-17-16(18-11-14-19-12-20-22(14)2)21-13-6-8-23(9-7-13)15-5-4-10-24-15;/h4-5,10,12-13H,3,6-9,11H2,1-2H3,(H2,17,18,21);1H. The van der Waals surface area contributed by atoms with Gasteiger partial charge in [-0.2, -0.15) is 5.10 Å². The van der Waals surface area contributed by atoms with Crippen LogP contribution in [0.3, 0.4) is 0 Å². The highest BCUT2D eigenvalue weighted by atomic mass is 127. The van der Waals surface area contributed by atoms with Crippen molar-refractivity contribution in [1.29, 1.82) is 0 Å². The number of guanidine groups is 1. The number of aromatic nitrogens is 3. The minimum atomic E-state index is 0. The van der Waals surface area contributed by atoms with Gasteiger partial charge in [0.15, 0.2) is 5.96 Å². The number of rotatable bonds is 5. The zero-order valence-corrected chi connectivity index (χ0v) is 17.8. The first kappa shape index (κ1) is 20.0. The molecule has 9 heteroatoms. The third-order valence-electron chi connectivity index (χ3n) is 4.18. The molecule has 2 aromatic heterocycles. The minimum Gasteiger partial charge on any atom is -0.363 e. The Morgan fingerprint density at radius 3 is 2.80 bits per heavy atom. The third-order valence-corrected chi connectivity index (χ3v) is 5.11. The van der Waals surface area contributed by atoms with E-state index < -0.39 is 0 Å². The SMILES string of the molecule is CCNC(=NCc1ncnn1C)NC1CCN(c2cccs2)CC1.I. The number of anilines is 1. The molecule has 2 aromatic rings. The highest BCUT2D eigenvalue weighted by molar-refractivity contribution is 14.0. The van der Waals surface area contributed by atoms with Crippen LogP contribution in [0, 0.1) is 0 Å². The van der Waals surface area contributed by atoms with Crippen molar-refractivity contribution in [3.8, 4) is 0 Å². The number of thiophene rings is 1. The first-order valence-electron chi connectivity index (χ1n) is 8.42. The first-order valence-corrected chi connectivity index (χ1v) is 9.30. The Hall–Kier alpha value is -1.36. The van der Waals surface area contributed by atoms with Gasteiger partial charge in [0.1, 0.15) is 18.7 Å². The summed E-state index contributed by atoms with van der Waals surface area (Å²) in [5.41, 5.74) is 0. The van der Waals surface area contributed by atoms with Gasteiger partial charge in [-0.25, -0.2) is 9.98 Å². The van der Waals surface area contributed by atoms with E-state index in [9.17, 15) is 0 Å². The molecule has 3 rings (SSSR count). The fourth-order valence-corrected chi connectivity index (χ4v) is 3.61. The van der Waals surface area contributed by atoms with Crippen molar-refractivity contribution >= 4 is 46.3 Å². The number of nitrogens with zero attached hydrogens (tertiary/aromatic N) is 5. The van der Waals surface area contributed by atoms with Crippen LogP contribution in [0.25, 0.3) is 0 Å². The van der Waals surface area contributed by atoms with E-state index >= 15 is 0 Å². The Balaban J connectivity index is 0.00000225. The van der Waals surface area contributed by atoms with E-state index in [1.807, 2.05) is 18.4 Å². The van der Waals surface area contributed by atoms with E-state index in [2.05, 4.69) is 55.0 Å². The number of nitrogens with one attached hydrogen (secondary N) is 2. The van der Waals surface area contributed by atoms with Crippen molar-refractivity contribution in [2.75, 3.05) is 24.5 Å². The van der Waals surface area contributed by atoms with Gasteiger partial charge in [-0.15, -0.1) is 35.3 Å². The van der Waals surface area contributed by atoms with Crippen molar-refractivity contribution in [2.45, 2.75) is 32.4 Å². The van der Waals surface area contributed by atoms with E-state index in [1.54, 1.807) is 11.0 Å². The van der Waals surface area contributed by atoms with E-state index in [0.717, 1.165) is 44.3 Å². The maximum absolute atomic E-state index is 4.64. The number of halogens is 1. The lowest BCUT2D eigenvalue weighted by atomic mass is 10.1. The lowest BCUT2D eigenvalue weighted by Crippen LogP contribution is -2.48. The molecule has 0 saturated carbocycles. The van der Waals surface area contributed by atoms with Crippen LogP contribution < -0.4 is 15.5 Å². The summed E-state index contributed by atoms with van der Waals surface area (Å²) < 4.78 is 1.76. The van der Waals surface area contributed by atoms with Crippen LogP contribution in [0.5, 0.6) is 0 Å². The van der Waals surface area contributed by atoms with Crippen LogP contribution in [0.2, 0.25) is 0 Å². The molecule has 25 heavy (non-hydrogen) atoms. The first-order chi connectivity index (χ1) is 11.8. The van der Waals surface area contributed by atoms with Crippen molar-refractivity contribution in [3.05, 3.63) is 29.7 Å². The average Bonchev–Trinajstić information content (AvgIpc) is 3.25. The lowest BCUT2D eigenvalue weighted by Gasteiger charge is -2.33. The quantitative estimate of drug-likeness (QED) is 0.395. The molecule has 138 valence electrons. The molecule has 1 saturated heterocycles. The number of hydrogen-bond donors (Lipinski definition) is 2. The molecule has 1 aliphatic heterocycles. The van der Waals surface area contributed by atoms with Crippen LogP contribution in [-0.4, -0.2) is 46.4 Å². The molecule has 1 aliphatic rings. The molecule has 0 unspecified atom stereocenters.